The van der Waals surface area contributed by atoms with E-state index >= 15 is 0 Å². The first kappa shape index (κ1) is 21.8. The van der Waals surface area contributed by atoms with E-state index in [0.717, 1.165) is 57.4 Å². The summed E-state index contributed by atoms with van der Waals surface area (Å²) in [6, 6.07) is 0. The molecule has 168 valence electrons. The van der Waals surface area contributed by atoms with Crippen LogP contribution in [0.3, 0.4) is 0 Å². The molecule has 0 aromatic rings. The number of hydrogen-bond donors (Lipinski definition) is 0. The molecule has 4 aliphatic rings. The number of likely N-dealkylation sites (tertiary alicyclic amines) is 2. The van der Waals surface area contributed by atoms with Crippen molar-refractivity contribution in [3.8, 4) is 0 Å². The highest BCUT2D eigenvalue weighted by atomic mass is 16.6. The first-order valence-corrected chi connectivity index (χ1v) is 11.8. The first-order valence-electron chi connectivity index (χ1n) is 11.8. The van der Waals surface area contributed by atoms with Crippen molar-refractivity contribution >= 4 is 11.8 Å². The van der Waals surface area contributed by atoms with Crippen molar-refractivity contribution in [3.63, 3.8) is 0 Å². The standard InChI is InChI=1S/C24H39N3O3/c1-17(2)19-7-10-26(11-8-19)23(29)22-20(30-22)14-25(4)9-5-6-21(28)27-15-24(16-27)12-18(3)13-24/h5-6,17-20,22H,7-16H2,1-4H3/b6-5+. The second kappa shape index (κ2) is 8.62. The van der Waals surface area contributed by atoms with Gasteiger partial charge in [-0.2, -0.15) is 0 Å². The lowest BCUT2D eigenvalue weighted by molar-refractivity contribution is -0.148. The molecule has 6 nitrogen and oxygen atoms in total. The molecule has 2 atom stereocenters. The fourth-order valence-corrected chi connectivity index (χ4v) is 5.88. The lowest BCUT2D eigenvalue weighted by atomic mass is 9.58. The van der Waals surface area contributed by atoms with Crippen molar-refractivity contribution < 1.29 is 14.3 Å². The van der Waals surface area contributed by atoms with E-state index in [1.807, 2.05) is 22.9 Å². The van der Waals surface area contributed by atoms with Gasteiger partial charge in [-0.25, -0.2) is 0 Å². The molecule has 3 aliphatic heterocycles. The highest BCUT2D eigenvalue weighted by Crippen LogP contribution is 2.51. The minimum atomic E-state index is -0.268. The lowest BCUT2D eigenvalue weighted by Gasteiger charge is -2.58. The monoisotopic (exact) mass is 417 g/mol. The van der Waals surface area contributed by atoms with Crippen LogP contribution in [0.2, 0.25) is 0 Å². The third-order valence-electron chi connectivity index (χ3n) is 7.72. The molecule has 3 heterocycles. The number of amides is 2. The Bertz CT molecular complexity index is 669. The maximum atomic E-state index is 12.7. The maximum absolute atomic E-state index is 12.7. The summed E-state index contributed by atoms with van der Waals surface area (Å²) < 4.78 is 5.69. The molecular weight excluding hydrogens is 378 g/mol. The van der Waals surface area contributed by atoms with Crippen LogP contribution >= 0.6 is 0 Å². The third kappa shape index (κ3) is 4.75. The quantitative estimate of drug-likeness (QED) is 0.471. The molecule has 0 aromatic heterocycles. The summed E-state index contributed by atoms with van der Waals surface area (Å²) in [7, 11) is 2.01. The van der Waals surface area contributed by atoms with E-state index in [1.54, 1.807) is 6.08 Å². The van der Waals surface area contributed by atoms with Crippen molar-refractivity contribution in [2.75, 3.05) is 46.3 Å². The minimum Gasteiger partial charge on any atom is -0.358 e. The molecule has 4 fully saturated rings. The van der Waals surface area contributed by atoms with E-state index in [-0.39, 0.29) is 24.0 Å². The van der Waals surface area contributed by atoms with Crippen molar-refractivity contribution in [3.05, 3.63) is 12.2 Å². The number of hydrogen-bond acceptors (Lipinski definition) is 4. The van der Waals surface area contributed by atoms with Gasteiger partial charge in [-0.3, -0.25) is 9.59 Å². The number of carbonyl (C=O) groups is 2. The molecule has 2 unspecified atom stereocenters. The predicted octanol–water partition coefficient (Wildman–Crippen LogP) is 2.39. The Morgan fingerprint density at radius 2 is 1.83 bits per heavy atom. The van der Waals surface area contributed by atoms with Gasteiger partial charge in [-0.15, -0.1) is 0 Å². The number of carbonyl (C=O) groups excluding carboxylic acids is 2. The van der Waals surface area contributed by atoms with Gasteiger partial charge in [0, 0.05) is 50.8 Å². The molecule has 6 heteroatoms. The molecule has 0 bridgehead atoms. The summed E-state index contributed by atoms with van der Waals surface area (Å²) in [5.41, 5.74) is 0.453. The van der Waals surface area contributed by atoms with Crippen molar-refractivity contribution in [2.24, 2.45) is 23.2 Å². The van der Waals surface area contributed by atoms with Crippen LogP contribution in [0.25, 0.3) is 0 Å². The summed E-state index contributed by atoms with van der Waals surface area (Å²) in [6.07, 6.45) is 8.14. The highest BCUT2D eigenvalue weighted by Gasteiger charge is 2.51. The van der Waals surface area contributed by atoms with Crippen LogP contribution in [0.4, 0.5) is 0 Å². The number of ether oxygens (including phenoxy) is 1. The fourth-order valence-electron chi connectivity index (χ4n) is 5.88. The van der Waals surface area contributed by atoms with E-state index in [0.29, 0.717) is 17.9 Å². The molecule has 0 N–H and O–H groups in total. The molecular formula is C24H39N3O3. The molecule has 0 radical (unpaired) electrons. The Morgan fingerprint density at radius 1 is 1.17 bits per heavy atom. The normalized spacial score (nSPS) is 29.0. The number of piperidine rings is 1. The van der Waals surface area contributed by atoms with E-state index in [1.165, 1.54) is 12.8 Å². The van der Waals surface area contributed by atoms with E-state index in [4.69, 9.17) is 4.74 Å². The summed E-state index contributed by atoms with van der Waals surface area (Å²) in [5, 5.41) is 0. The average molecular weight is 418 g/mol. The van der Waals surface area contributed by atoms with Gasteiger partial charge in [0.15, 0.2) is 6.10 Å². The van der Waals surface area contributed by atoms with E-state index in [9.17, 15) is 9.59 Å². The molecule has 4 rings (SSSR count). The average Bonchev–Trinajstić information content (AvgIpc) is 3.41. The zero-order valence-electron chi connectivity index (χ0n) is 19.2. The van der Waals surface area contributed by atoms with Gasteiger partial charge in [0.05, 0.1) is 0 Å². The third-order valence-corrected chi connectivity index (χ3v) is 7.72. The minimum absolute atomic E-state index is 0.00901. The number of rotatable bonds is 7. The lowest BCUT2D eigenvalue weighted by Crippen LogP contribution is -2.63. The van der Waals surface area contributed by atoms with Crippen LogP contribution in [0.5, 0.6) is 0 Å². The van der Waals surface area contributed by atoms with E-state index in [2.05, 4.69) is 25.7 Å². The van der Waals surface area contributed by atoms with Crippen molar-refractivity contribution in [2.45, 2.75) is 58.7 Å². The SMILES string of the molecule is CC1CC2(C1)CN(C(=O)/C=C/CN(C)CC1OC1C(=O)N1CCC(C(C)C)CC1)C2. The molecule has 1 saturated carbocycles. The van der Waals surface area contributed by atoms with Gasteiger partial charge in [-0.1, -0.05) is 26.8 Å². The number of epoxide rings is 1. The van der Waals surface area contributed by atoms with Gasteiger partial charge >= 0.3 is 0 Å². The van der Waals surface area contributed by atoms with Crippen LogP contribution in [-0.2, 0) is 14.3 Å². The molecule has 30 heavy (non-hydrogen) atoms. The van der Waals surface area contributed by atoms with Crippen LogP contribution in [0.15, 0.2) is 12.2 Å². The second-order valence-corrected chi connectivity index (χ2v) is 10.8. The maximum Gasteiger partial charge on any atom is 0.254 e. The number of nitrogens with zero attached hydrogens (tertiary/aromatic N) is 3. The Kier molecular flexibility index (Phi) is 6.27. The van der Waals surface area contributed by atoms with Crippen molar-refractivity contribution in [1.29, 1.82) is 0 Å². The zero-order chi connectivity index (χ0) is 21.5. The Morgan fingerprint density at radius 3 is 2.43 bits per heavy atom. The molecule has 0 aromatic carbocycles. The molecule has 1 spiro atoms. The van der Waals surface area contributed by atoms with Crippen LogP contribution in [-0.4, -0.2) is 85.0 Å². The second-order valence-electron chi connectivity index (χ2n) is 10.8. The van der Waals surface area contributed by atoms with Gasteiger partial charge in [0.2, 0.25) is 5.91 Å². The van der Waals surface area contributed by atoms with Crippen LogP contribution in [0, 0.1) is 23.2 Å². The van der Waals surface area contributed by atoms with E-state index < -0.39 is 0 Å². The smallest absolute Gasteiger partial charge is 0.254 e. The van der Waals surface area contributed by atoms with Gasteiger partial charge in [0.1, 0.15) is 6.10 Å². The fraction of sp³-hybridized carbons (Fsp3) is 0.833. The summed E-state index contributed by atoms with van der Waals surface area (Å²) >= 11 is 0. The molecule has 3 saturated heterocycles. The zero-order valence-corrected chi connectivity index (χ0v) is 19.2. The van der Waals surface area contributed by atoms with Crippen molar-refractivity contribution in [1.82, 2.24) is 14.7 Å². The molecule has 1 aliphatic carbocycles. The Balaban J connectivity index is 1.11. The van der Waals surface area contributed by atoms with Gasteiger partial charge < -0.3 is 19.4 Å². The van der Waals surface area contributed by atoms with Crippen LogP contribution in [0.1, 0.15) is 46.5 Å². The van der Waals surface area contributed by atoms with Gasteiger partial charge in [0.25, 0.3) is 5.91 Å². The summed E-state index contributed by atoms with van der Waals surface area (Å²) in [4.78, 5) is 31.0. The number of likely N-dealkylation sites (N-methyl/N-ethyl adjacent to an activating group) is 1. The van der Waals surface area contributed by atoms with Gasteiger partial charge in [-0.05, 0) is 50.5 Å². The largest absolute Gasteiger partial charge is 0.358 e. The topological polar surface area (TPSA) is 56.4 Å². The summed E-state index contributed by atoms with van der Waals surface area (Å²) in [5.74, 6) is 2.57. The Labute approximate surface area is 181 Å². The highest BCUT2D eigenvalue weighted by molar-refractivity contribution is 5.88. The Hall–Kier alpha value is -1.40. The molecule has 2 amide bonds. The van der Waals surface area contributed by atoms with Crippen LogP contribution < -0.4 is 0 Å². The summed E-state index contributed by atoms with van der Waals surface area (Å²) in [6.45, 7) is 11.9. The predicted molar refractivity (Wildman–Crippen MR) is 117 cm³/mol. The first-order chi connectivity index (χ1) is 14.3.